The number of carbonyl (C=O) groups is 2. The minimum absolute atomic E-state index is 0.0429. The molecule has 23 heavy (non-hydrogen) atoms. The smallest absolute Gasteiger partial charge is 0.238 e. The summed E-state index contributed by atoms with van der Waals surface area (Å²) in [6.45, 7) is 2.43. The molecule has 1 aromatic rings. The molecule has 0 aliphatic carbocycles. The van der Waals surface area contributed by atoms with E-state index in [1.165, 1.54) is 0 Å². The van der Waals surface area contributed by atoms with Crippen LogP contribution in [0.25, 0.3) is 0 Å². The molecule has 6 nitrogen and oxygen atoms in total. The van der Waals surface area contributed by atoms with E-state index in [-0.39, 0.29) is 11.8 Å². The quantitative estimate of drug-likeness (QED) is 0.712. The fourth-order valence-electron chi connectivity index (χ4n) is 2.64. The van der Waals surface area contributed by atoms with Crippen LogP contribution >= 0.6 is 0 Å². The van der Waals surface area contributed by atoms with E-state index in [0.717, 1.165) is 37.3 Å². The van der Waals surface area contributed by atoms with Crippen molar-refractivity contribution < 1.29 is 9.59 Å². The van der Waals surface area contributed by atoms with Gasteiger partial charge in [-0.1, -0.05) is 0 Å². The summed E-state index contributed by atoms with van der Waals surface area (Å²) >= 11 is 0. The second kappa shape index (κ2) is 8.64. The largest absolute Gasteiger partial charge is 0.326 e. The van der Waals surface area contributed by atoms with Gasteiger partial charge in [-0.25, -0.2) is 0 Å². The standard InChI is InChI=1S/C17H26N4O2/c1-21(2)12-17(23)20-15-6-4-14(5-7-15)19-16(22)8-3-13-9-10-18-11-13/h4-7,13,18H,3,8-12H2,1-2H3,(H,19,22)(H,20,23). The Kier molecular flexibility index (Phi) is 6.55. The SMILES string of the molecule is CN(C)CC(=O)Nc1ccc(NC(=O)CCC2CCNC2)cc1. The summed E-state index contributed by atoms with van der Waals surface area (Å²) < 4.78 is 0. The Morgan fingerprint density at radius 2 is 1.74 bits per heavy atom. The normalized spacial score (nSPS) is 17.3. The number of benzene rings is 1. The zero-order valence-corrected chi connectivity index (χ0v) is 13.9. The molecule has 0 spiro atoms. The van der Waals surface area contributed by atoms with Crippen LogP contribution in [0.2, 0.25) is 0 Å². The van der Waals surface area contributed by atoms with Gasteiger partial charge in [0.25, 0.3) is 0 Å². The number of anilines is 2. The average Bonchev–Trinajstić information content (AvgIpc) is 3.00. The van der Waals surface area contributed by atoms with Crippen LogP contribution in [0.4, 0.5) is 11.4 Å². The number of likely N-dealkylation sites (N-methyl/N-ethyl adjacent to an activating group) is 1. The minimum Gasteiger partial charge on any atom is -0.326 e. The van der Waals surface area contributed by atoms with Gasteiger partial charge in [0.15, 0.2) is 0 Å². The molecule has 1 aliphatic rings. The molecule has 0 saturated carbocycles. The van der Waals surface area contributed by atoms with E-state index < -0.39 is 0 Å². The molecule has 0 bridgehead atoms. The number of amides is 2. The number of hydrogen-bond donors (Lipinski definition) is 3. The van der Waals surface area contributed by atoms with Crippen molar-refractivity contribution in [1.29, 1.82) is 0 Å². The predicted molar refractivity (Wildman–Crippen MR) is 92.5 cm³/mol. The van der Waals surface area contributed by atoms with Gasteiger partial charge in [-0.3, -0.25) is 9.59 Å². The molecule has 1 atom stereocenters. The number of hydrogen-bond acceptors (Lipinski definition) is 4. The third kappa shape index (κ3) is 6.38. The Balaban J connectivity index is 1.75. The van der Waals surface area contributed by atoms with Crippen LogP contribution in [0.3, 0.4) is 0 Å². The molecule has 126 valence electrons. The number of rotatable bonds is 7. The first-order chi connectivity index (χ1) is 11.0. The van der Waals surface area contributed by atoms with Crippen molar-refractivity contribution in [1.82, 2.24) is 10.2 Å². The maximum atomic E-state index is 11.9. The first-order valence-electron chi connectivity index (χ1n) is 8.08. The Bertz CT molecular complexity index is 522. The molecule has 1 fully saturated rings. The van der Waals surface area contributed by atoms with Crippen molar-refractivity contribution in [3.63, 3.8) is 0 Å². The van der Waals surface area contributed by atoms with E-state index in [0.29, 0.717) is 18.9 Å². The predicted octanol–water partition coefficient (Wildman–Crippen LogP) is 1.51. The van der Waals surface area contributed by atoms with Crippen molar-refractivity contribution in [2.45, 2.75) is 19.3 Å². The third-order valence-corrected chi connectivity index (χ3v) is 3.85. The van der Waals surface area contributed by atoms with E-state index in [4.69, 9.17) is 0 Å². The van der Waals surface area contributed by atoms with Gasteiger partial charge in [-0.05, 0) is 70.2 Å². The van der Waals surface area contributed by atoms with Crippen molar-refractivity contribution >= 4 is 23.2 Å². The Labute approximate surface area is 137 Å². The van der Waals surface area contributed by atoms with Gasteiger partial charge in [-0.15, -0.1) is 0 Å². The molecule has 1 aromatic carbocycles. The van der Waals surface area contributed by atoms with E-state index in [1.807, 2.05) is 19.0 Å². The first-order valence-corrected chi connectivity index (χ1v) is 8.08. The Hall–Kier alpha value is -1.92. The van der Waals surface area contributed by atoms with Gasteiger partial charge in [0, 0.05) is 17.8 Å². The lowest BCUT2D eigenvalue weighted by Gasteiger charge is -2.11. The maximum absolute atomic E-state index is 11.9. The third-order valence-electron chi connectivity index (χ3n) is 3.85. The van der Waals surface area contributed by atoms with Crippen LogP contribution in [0, 0.1) is 5.92 Å². The van der Waals surface area contributed by atoms with Crippen LogP contribution in [-0.2, 0) is 9.59 Å². The van der Waals surface area contributed by atoms with Crippen molar-refractivity contribution in [3.05, 3.63) is 24.3 Å². The van der Waals surface area contributed by atoms with Gasteiger partial charge in [-0.2, -0.15) is 0 Å². The summed E-state index contributed by atoms with van der Waals surface area (Å²) in [6, 6.07) is 7.20. The zero-order valence-electron chi connectivity index (χ0n) is 13.9. The first kappa shape index (κ1) is 17.4. The highest BCUT2D eigenvalue weighted by Gasteiger charge is 2.15. The molecule has 0 radical (unpaired) electrons. The molecule has 1 aliphatic heterocycles. The van der Waals surface area contributed by atoms with E-state index in [1.54, 1.807) is 24.3 Å². The molecule has 0 aromatic heterocycles. The Morgan fingerprint density at radius 1 is 1.13 bits per heavy atom. The van der Waals surface area contributed by atoms with Crippen molar-refractivity contribution in [2.75, 3.05) is 44.4 Å². The fourth-order valence-corrected chi connectivity index (χ4v) is 2.64. The molecular weight excluding hydrogens is 292 g/mol. The second-order valence-corrected chi connectivity index (χ2v) is 6.31. The van der Waals surface area contributed by atoms with Gasteiger partial charge in [0.2, 0.25) is 11.8 Å². The van der Waals surface area contributed by atoms with Gasteiger partial charge < -0.3 is 20.9 Å². The number of carbonyl (C=O) groups excluding carboxylic acids is 2. The van der Waals surface area contributed by atoms with E-state index in [9.17, 15) is 9.59 Å². The highest BCUT2D eigenvalue weighted by Crippen LogP contribution is 2.17. The molecule has 1 unspecified atom stereocenters. The van der Waals surface area contributed by atoms with Crippen LogP contribution in [0.15, 0.2) is 24.3 Å². The fraction of sp³-hybridized carbons (Fsp3) is 0.529. The average molecular weight is 318 g/mol. The lowest BCUT2D eigenvalue weighted by molar-refractivity contribution is -0.117. The zero-order chi connectivity index (χ0) is 16.7. The molecule has 2 amide bonds. The summed E-state index contributed by atoms with van der Waals surface area (Å²) in [5, 5.41) is 9.02. The van der Waals surface area contributed by atoms with Crippen LogP contribution in [-0.4, -0.2) is 50.4 Å². The topological polar surface area (TPSA) is 73.5 Å². The Morgan fingerprint density at radius 3 is 2.26 bits per heavy atom. The molecule has 6 heteroatoms. The maximum Gasteiger partial charge on any atom is 0.238 e. The second-order valence-electron chi connectivity index (χ2n) is 6.31. The summed E-state index contributed by atoms with van der Waals surface area (Å²) in [6.07, 6.45) is 2.64. The molecule has 1 saturated heterocycles. The van der Waals surface area contributed by atoms with Crippen LogP contribution in [0.5, 0.6) is 0 Å². The summed E-state index contributed by atoms with van der Waals surface area (Å²) in [5.74, 6) is 0.605. The van der Waals surface area contributed by atoms with Crippen LogP contribution < -0.4 is 16.0 Å². The van der Waals surface area contributed by atoms with Gasteiger partial charge >= 0.3 is 0 Å². The highest BCUT2D eigenvalue weighted by atomic mass is 16.2. The summed E-state index contributed by atoms with van der Waals surface area (Å²) in [4.78, 5) is 25.4. The molecule has 2 rings (SSSR count). The number of nitrogens with one attached hydrogen (secondary N) is 3. The monoisotopic (exact) mass is 318 g/mol. The molecule has 1 heterocycles. The summed E-state index contributed by atoms with van der Waals surface area (Å²) in [5.41, 5.74) is 1.48. The lowest BCUT2D eigenvalue weighted by Crippen LogP contribution is -2.27. The molecular formula is C17H26N4O2. The van der Waals surface area contributed by atoms with Crippen molar-refractivity contribution in [3.8, 4) is 0 Å². The highest BCUT2D eigenvalue weighted by molar-refractivity contribution is 5.93. The van der Waals surface area contributed by atoms with E-state index >= 15 is 0 Å². The van der Waals surface area contributed by atoms with Crippen molar-refractivity contribution in [2.24, 2.45) is 5.92 Å². The van der Waals surface area contributed by atoms with Crippen LogP contribution in [0.1, 0.15) is 19.3 Å². The van der Waals surface area contributed by atoms with E-state index in [2.05, 4.69) is 16.0 Å². The minimum atomic E-state index is -0.0584. The number of nitrogens with zero attached hydrogens (tertiary/aromatic N) is 1. The molecule has 3 N–H and O–H groups in total. The van der Waals surface area contributed by atoms with Gasteiger partial charge in [0.1, 0.15) is 0 Å². The summed E-state index contributed by atoms with van der Waals surface area (Å²) in [7, 11) is 3.69. The van der Waals surface area contributed by atoms with Gasteiger partial charge in [0.05, 0.1) is 6.54 Å². The lowest BCUT2D eigenvalue weighted by atomic mass is 10.0.